The fourth-order valence-corrected chi connectivity index (χ4v) is 5.42. The maximum absolute atomic E-state index is 12.7. The van der Waals surface area contributed by atoms with Crippen molar-refractivity contribution >= 4 is 28.1 Å². The highest BCUT2D eigenvalue weighted by atomic mass is 32.2. The summed E-state index contributed by atoms with van der Waals surface area (Å²) in [6.45, 7) is 5.51. The number of benzene rings is 2. The molecule has 34 heavy (non-hydrogen) atoms. The minimum atomic E-state index is -3.51. The van der Waals surface area contributed by atoms with Crippen molar-refractivity contribution in [3.05, 3.63) is 77.9 Å². The fourth-order valence-electron chi connectivity index (χ4n) is 4.01. The molecule has 0 atom stereocenters. The molecule has 1 amide bonds. The number of hydrogen-bond acceptors (Lipinski definition) is 5. The largest absolute Gasteiger partial charge is 0.379 e. The van der Waals surface area contributed by atoms with Crippen LogP contribution in [-0.4, -0.2) is 87.5 Å². The van der Waals surface area contributed by atoms with E-state index in [0.717, 1.165) is 25.2 Å². The second-order valence-electron chi connectivity index (χ2n) is 8.36. The van der Waals surface area contributed by atoms with E-state index in [-0.39, 0.29) is 10.8 Å². The van der Waals surface area contributed by atoms with Gasteiger partial charge in [0.2, 0.25) is 15.9 Å². The van der Waals surface area contributed by atoms with Gasteiger partial charge in [0.1, 0.15) is 0 Å². The van der Waals surface area contributed by atoms with Crippen LogP contribution >= 0.6 is 0 Å². The Labute approximate surface area is 202 Å². The smallest absolute Gasteiger partial charge is 0.246 e. The number of amides is 1. The van der Waals surface area contributed by atoms with Crippen LogP contribution in [0.4, 0.5) is 0 Å². The predicted molar refractivity (Wildman–Crippen MR) is 134 cm³/mol. The van der Waals surface area contributed by atoms with Crippen molar-refractivity contribution in [2.24, 2.45) is 0 Å². The maximum Gasteiger partial charge on any atom is 0.246 e. The zero-order valence-corrected chi connectivity index (χ0v) is 20.1. The molecule has 2 saturated heterocycles. The van der Waals surface area contributed by atoms with Gasteiger partial charge in [0.15, 0.2) is 0 Å². The Bertz CT molecular complexity index is 1100. The first-order valence-corrected chi connectivity index (χ1v) is 13.1. The molecule has 2 aliphatic rings. The first kappa shape index (κ1) is 24.3. The SMILES string of the molecule is O=C(/C=C/c1ccc(S(=O)(=O)N2CCOCC2)cc1)N1CCN(C/C=C/c2ccccc2)CC1. The molecule has 0 N–H and O–H groups in total. The quantitative estimate of drug-likeness (QED) is 0.569. The first-order valence-electron chi connectivity index (χ1n) is 11.6. The van der Waals surface area contributed by atoms with Crippen LogP contribution < -0.4 is 0 Å². The molecule has 0 radical (unpaired) electrons. The van der Waals surface area contributed by atoms with E-state index in [1.54, 1.807) is 36.4 Å². The average molecular weight is 482 g/mol. The molecule has 2 heterocycles. The van der Waals surface area contributed by atoms with E-state index in [9.17, 15) is 13.2 Å². The topological polar surface area (TPSA) is 70.2 Å². The summed E-state index contributed by atoms with van der Waals surface area (Å²) in [5.74, 6) is -0.0236. The monoisotopic (exact) mass is 481 g/mol. The van der Waals surface area contributed by atoms with Crippen molar-refractivity contribution in [2.75, 3.05) is 59.0 Å². The summed E-state index contributed by atoms with van der Waals surface area (Å²) >= 11 is 0. The van der Waals surface area contributed by atoms with E-state index in [4.69, 9.17) is 4.74 Å². The number of morpholine rings is 1. The second-order valence-corrected chi connectivity index (χ2v) is 10.3. The molecule has 180 valence electrons. The molecule has 2 fully saturated rings. The van der Waals surface area contributed by atoms with Crippen molar-refractivity contribution in [3.63, 3.8) is 0 Å². The van der Waals surface area contributed by atoms with E-state index >= 15 is 0 Å². The molecule has 8 heteroatoms. The molecule has 2 aromatic carbocycles. The van der Waals surface area contributed by atoms with Crippen LogP contribution in [0.2, 0.25) is 0 Å². The molecule has 0 saturated carbocycles. The van der Waals surface area contributed by atoms with Gasteiger partial charge in [-0.3, -0.25) is 9.69 Å². The van der Waals surface area contributed by atoms with Gasteiger partial charge in [0, 0.05) is 51.9 Å². The number of sulfonamides is 1. The molecule has 0 unspecified atom stereocenters. The van der Waals surface area contributed by atoms with Crippen LogP contribution in [-0.2, 0) is 19.6 Å². The van der Waals surface area contributed by atoms with Gasteiger partial charge in [0.05, 0.1) is 18.1 Å². The zero-order valence-electron chi connectivity index (χ0n) is 19.3. The van der Waals surface area contributed by atoms with Crippen LogP contribution in [0.15, 0.2) is 71.6 Å². The first-order chi connectivity index (χ1) is 16.5. The van der Waals surface area contributed by atoms with Gasteiger partial charge in [-0.1, -0.05) is 54.6 Å². The lowest BCUT2D eigenvalue weighted by Gasteiger charge is -2.33. The van der Waals surface area contributed by atoms with E-state index in [2.05, 4.69) is 29.2 Å². The van der Waals surface area contributed by atoms with E-state index in [1.807, 2.05) is 23.1 Å². The number of carbonyl (C=O) groups excluding carboxylic acids is 1. The van der Waals surface area contributed by atoms with Crippen LogP contribution in [0.5, 0.6) is 0 Å². The molecule has 2 aromatic rings. The van der Waals surface area contributed by atoms with Crippen molar-refractivity contribution < 1.29 is 17.9 Å². The summed E-state index contributed by atoms with van der Waals surface area (Å²) < 4.78 is 32.1. The lowest BCUT2D eigenvalue weighted by atomic mass is 10.2. The van der Waals surface area contributed by atoms with Crippen molar-refractivity contribution in [3.8, 4) is 0 Å². The summed E-state index contributed by atoms with van der Waals surface area (Å²) in [5.41, 5.74) is 1.98. The summed E-state index contributed by atoms with van der Waals surface area (Å²) in [4.78, 5) is 17.0. The van der Waals surface area contributed by atoms with E-state index in [0.29, 0.717) is 39.4 Å². The fraction of sp³-hybridized carbons (Fsp3) is 0.346. The van der Waals surface area contributed by atoms with Gasteiger partial charge >= 0.3 is 0 Å². The van der Waals surface area contributed by atoms with Crippen LogP contribution in [0, 0.1) is 0 Å². The number of piperazine rings is 1. The van der Waals surface area contributed by atoms with E-state index < -0.39 is 10.0 Å². The van der Waals surface area contributed by atoms with Crippen LogP contribution in [0.1, 0.15) is 11.1 Å². The van der Waals surface area contributed by atoms with Crippen LogP contribution in [0.3, 0.4) is 0 Å². The Balaban J connectivity index is 1.25. The van der Waals surface area contributed by atoms with Crippen molar-refractivity contribution in [2.45, 2.75) is 4.90 Å². The predicted octanol–water partition coefficient (Wildman–Crippen LogP) is 2.58. The average Bonchev–Trinajstić information content (AvgIpc) is 2.89. The highest BCUT2D eigenvalue weighted by Gasteiger charge is 2.26. The third-order valence-electron chi connectivity index (χ3n) is 6.06. The van der Waals surface area contributed by atoms with Crippen LogP contribution in [0.25, 0.3) is 12.2 Å². The van der Waals surface area contributed by atoms with Gasteiger partial charge < -0.3 is 9.64 Å². The lowest BCUT2D eigenvalue weighted by Crippen LogP contribution is -2.48. The number of nitrogens with zero attached hydrogens (tertiary/aromatic N) is 3. The Morgan fingerprint density at radius 2 is 1.47 bits per heavy atom. The number of carbonyl (C=O) groups is 1. The number of hydrogen-bond donors (Lipinski definition) is 0. The number of rotatable bonds is 7. The standard InChI is InChI=1S/C26H31N3O4S/c30-26(28-17-15-27(16-18-28)14-4-7-23-5-2-1-3-6-23)13-10-24-8-11-25(12-9-24)34(31,32)29-19-21-33-22-20-29/h1-13H,14-22H2/b7-4+,13-10+. The highest BCUT2D eigenvalue weighted by Crippen LogP contribution is 2.18. The molecular weight excluding hydrogens is 450 g/mol. The third kappa shape index (κ3) is 6.42. The van der Waals surface area contributed by atoms with E-state index in [1.165, 1.54) is 9.87 Å². The van der Waals surface area contributed by atoms with Gasteiger partial charge in [-0.15, -0.1) is 0 Å². The van der Waals surface area contributed by atoms with Gasteiger partial charge in [-0.25, -0.2) is 8.42 Å². The Morgan fingerprint density at radius 1 is 0.824 bits per heavy atom. The van der Waals surface area contributed by atoms with Crippen molar-refractivity contribution in [1.82, 2.24) is 14.1 Å². The minimum absolute atomic E-state index is 0.0236. The minimum Gasteiger partial charge on any atom is -0.379 e. The van der Waals surface area contributed by atoms with Gasteiger partial charge in [-0.2, -0.15) is 4.31 Å². The van der Waals surface area contributed by atoms with Gasteiger partial charge in [-0.05, 0) is 29.3 Å². The van der Waals surface area contributed by atoms with Gasteiger partial charge in [0.25, 0.3) is 0 Å². The molecule has 4 rings (SSSR count). The molecule has 0 bridgehead atoms. The molecule has 2 aliphatic heterocycles. The lowest BCUT2D eigenvalue weighted by molar-refractivity contribution is -0.127. The summed E-state index contributed by atoms with van der Waals surface area (Å²) in [7, 11) is -3.51. The highest BCUT2D eigenvalue weighted by molar-refractivity contribution is 7.89. The Hall–Kier alpha value is -2.78. The zero-order chi connectivity index (χ0) is 23.8. The molecule has 0 aromatic heterocycles. The maximum atomic E-state index is 12.7. The third-order valence-corrected chi connectivity index (χ3v) is 7.98. The normalized spacial score (nSPS) is 18.6. The molecule has 0 aliphatic carbocycles. The summed E-state index contributed by atoms with van der Waals surface area (Å²) in [6, 6.07) is 16.9. The second kappa shape index (κ2) is 11.6. The summed E-state index contributed by atoms with van der Waals surface area (Å²) in [5, 5.41) is 0. The Morgan fingerprint density at radius 3 is 2.15 bits per heavy atom. The molecule has 7 nitrogen and oxygen atoms in total. The van der Waals surface area contributed by atoms with Crippen molar-refractivity contribution in [1.29, 1.82) is 0 Å². The molecular formula is C26H31N3O4S. The Kier molecular flexibility index (Phi) is 8.29. The summed E-state index contributed by atoms with van der Waals surface area (Å²) in [6.07, 6.45) is 7.59. The molecule has 0 spiro atoms. The number of ether oxygens (including phenoxy) is 1.